The van der Waals surface area contributed by atoms with Crippen molar-refractivity contribution < 1.29 is 5.11 Å². The number of anilines is 1. The van der Waals surface area contributed by atoms with E-state index in [-0.39, 0.29) is 5.75 Å². The summed E-state index contributed by atoms with van der Waals surface area (Å²) in [6.45, 7) is 0. The molecule has 0 bridgehead atoms. The second-order valence-electron chi connectivity index (χ2n) is 3.87. The number of halogens is 1. The third kappa shape index (κ3) is 1.80. The van der Waals surface area contributed by atoms with Crippen molar-refractivity contribution >= 4 is 32.7 Å². The molecule has 3 rings (SSSR count). The van der Waals surface area contributed by atoms with Crippen molar-refractivity contribution in [1.29, 1.82) is 0 Å². The molecule has 5 nitrogen and oxygen atoms in total. The van der Waals surface area contributed by atoms with Gasteiger partial charge in [0.15, 0.2) is 0 Å². The number of fused-ring (bicyclic) bond motifs is 1. The van der Waals surface area contributed by atoms with Gasteiger partial charge in [-0.25, -0.2) is 0 Å². The van der Waals surface area contributed by atoms with Gasteiger partial charge in [0.05, 0.1) is 0 Å². The third-order valence-corrected chi connectivity index (χ3v) is 3.05. The first-order valence-electron chi connectivity index (χ1n) is 5.25. The number of aromatic nitrogens is 3. The molecule has 0 aliphatic carbocycles. The van der Waals surface area contributed by atoms with E-state index in [1.54, 1.807) is 12.1 Å². The second kappa shape index (κ2) is 3.99. The molecule has 1 aromatic heterocycles. The van der Waals surface area contributed by atoms with E-state index in [0.717, 1.165) is 15.5 Å². The lowest BCUT2D eigenvalue weighted by atomic mass is 10.2. The minimum Gasteiger partial charge on any atom is -0.506 e. The Hall–Kier alpha value is -2.08. The van der Waals surface area contributed by atoms with Gasteiger partial charge >= 0.3 is 0 Å². The van der Waals surface area contributed by atoms with Gasteiger partial charge < -0.3 is 10.8 Å². The van der Waals surface area contributed by atoms with E-state index in [4.69, 9.17) is 5.73 Å². The van der Waals surface area contributed by atoms with Crippen LogP contribution in [0.1, 0.15) is 0 Å². The van der Waals surface area contributed by atoms with Crippen LogP contribution in [0.5, 0.6) is 5.75 Å². The average Bonchev–Trinajstić information content (AvgIpc) is 2.71. The summed E-state index contributed by atoms with van der Waals surface area (Å²) in [7, 11) is 0. The highest BCUT2D eigenvalue weighted by atomic mass is 79.9. The lowest BCUT2D eigenvalue weighted by Gasteiger charge is -2.02. The van der Waals surface area contributed by atoms with Crippen molar-refractivity contribution in [3.05, 3.63) is 40.9 Å². The average molecular weight is 305 g/mol. The molecule has 3 aromatic rings. The Morgan fingerprint density at radius 2 is 1.83 bits per heavy atom. The van der Waals surface area contributed by atoms with Crippen LogP contribution in [0.15, 0.2) is 40.9 Å². The number of phenolic OH excluding ortho intramolecular Hbond substituents is 1. The van der Waals surface area contributed by atoms with E-state index in [9.17, 15) is 5.11 Å². The lowest BCUT2D eigenvalue weighted by Crippen LogP contribution is -1.99. The fourth-order valence-corrected chi connectivity index (χ4v) is 2.05. The maximum Gasteiger partial charge on any atom is 0.145 e. The Kier molecular flexibility index (Phi) is 2.45. The van der Waals surface area contributed by atoms with Crippen molar-refractivity contribution in [3.8, 4) is 11.4 Å². The summed E-state index contributed by atoms with van der Waals surface area (Å²) in [6, 6.07) is 10.5. The Morgan fingerprint density at radius 1 is 1.06 bits per heavy atom. The van der Waals surface area contributed by atoms with Crippen molar-refractivity contribution in [2.45, 2.75) is 0 Å². The molecule has 6 heteroatoms. The standard InChI is InChI=1S/C12H9BrN4O/c13-7-1-3-9-10(5-7)16-17(15-9)11-4-2-8(14)6-12(11)18/h1-6,18H,14H2. The van der Waals surface area contributed by atoms with E-state index in [1.165, 1.54) is 10.9 Å². The third-order valence-electron chi connectivity index (χ3n) is 2.56. The molecule has 0 saturated carbocycles. The monoisotopic (exact) mass is 304 g/mol. The molecule has 0 aliphatic heterocycles. The summed E-state index contributed by atoms with van der Waals surface area (Å²) < 4.78 is 0.934. The van der Waals surface area contributed by atoms with Crippen LogP contribution in [0.4, 0.5) is 5.69 Å². The quantitative estimate of drug-likeness (QED) is 0.677. The number of nitrogens with two attached hydrogens (primary N) is 1. The molecule has 0 amide bonds. The van der Waals surface area contributed by atoms with E-state index >= 15 is 0 Å². The molecular formula is C12H9BrN4O. The summed E-state index contributed by atoms with van der Waals surface area (Å²) in [5.41, 5.74) is 8.09. The number of phenols is 1. The SMILES string of the molecule is Nc1ccc(-n2nc3ccc(Br)cc3n2)c(O)c1. The Bertz CT molecular complexity index is 738. The Labute approximate surface area is 111 Å². The van der Waals surface area contributed by atoms with Crippen molar-refractivity contribution in [2.24, 2.45) is 0 Å². The number of nitrogens with zero attached hydrogens (tertiary/aromatic N) is 3. The minimum atomic E-state index is 0.0503. The fourth-order valence-electron chi connectivity index (χ4n) is 1.71. The van der Waals surface area contributed by atoms with Crippen LogP contribution in [0.2, 0.25) is 0 Å². The van der Waals surface area contributed by atoms with Gasteiger partial charge in [0, 0.05) is 16.2 Å². The maximum atomic E-state index is 9.83. The number of benzene rings is 2. The molecule has 0 spiro atoms. The molecular weight excluding hydrogens is 296 g/mol. The van der Waals surface area contributed by atoms with Crippen molar-refractivity contribution in [2.75, 3.05) is 5.73 Å². The van der Waals surface area contributed by atoms with Gasteiger partial charge in [-0.3, -0.25) is 0 Å². The van der Waals surface area contributed by atoms with E-state index < -0.39 is 0 Å². The van der Waals surface area contributed by atoms with Crippen LogP contribution in [-0.4, -0.2) is 20.1 Å². The molecule has 2 aromatic carbocycles. The van der Waals surface area contributed by atoms with Gasteiger partial charge in [0.2, 0.25) is 0 Å². The summed E-state index contributed by atoms with van der Waals surface area (Å²) >= 11 is 3.38. The van der Waals surface area contributed by atoms with Crippen LogP contribution >= 0.6 is 15.9 Å². The molecule has 0 atom stereocenters. The second-order valence-corrected chi connectivity index (χ2v) is 4.79. The molecule has 0 aliphatic rings. The highest BCUT2D eigenvalue weighted by molar-refractivity contribution is 9.10. The smallest absolute Gasteiger partial charge is 0.145 e. The molecule has 0 radical (unpaired) electrons. The molecule has 0 saturated heterocycles. The highest BCUT2D eigenvalue weighted by Gasteiger charge is 2.09. The largest absolute Gasteiger partial charge is 0.506 e. The fraction of sp³-hybridized carbons (Fsp3) is 0. The predicted molar refractivity (Wildman–Crippen MR) is 72.6 cm³/mol. The maximum absolute atomic E-state index is 9.83. The zero-order chi connectivity index (χ0) is 12.7. The first kappa shape index (κ1) is 11.0. The van der Waals surface area contributed by atoms with Gasteiger partial charge in [-0.1, -0.05) is 15.9 Å². The van der Waals surface area contributed by atoms with Crippen LogP contribution in [0, 0.1) is 0 Å². The van der Waals surface area contributed by atoms with Gasteiger partial charge in [0.25, 0.3) is 0 Å². The number of nitrogen functional groups attached to an aromatic ring is 1. The van der Waals surface area contributed by atoms with Crippen LogP contribution in [0.3, 0.4) is 0 Å². The summed E-state index contributed by atoms with van der Waals surface area (Å²) in [6.07, 6.45) is 0. The Morgan fingerprint density at radius 3 is 2.61 bits per heavy atom. The summed E-state index contributed by atoms with van der Waals surface area (Å²) in [5.74, 6) is 0.0503. The highest BCUT2D eigenvalue weighted by Crippen LogP contribution is 2.24. The zero-order valence-corrected chi connectivity index (χ0v) is 10.8. The van der Waals surface area contributed by atoms with E-state index in [0.29, 0.717) is 11.4 Å². The predicted octanol–water partition coefficient (Wildman–Crippen LogP) is 2.47. The van der Waals surface area contributed by atoms with Gasteiger partial charge in [0.1, 0.15) is 22.5 Å². The molecule has 90 valence electrons. The molecule has 18 heavy (non-hydrogen) atoms. The van der Waals surface area contributed by atoms with E-state index in [1.807, 2.05) is 18.2 Å². The van der Waals surface area contributed by atoms with E-state index in [2.05, 4.69) is 26.1 Å². The topological polar surface area (TPSA) is 77.0 Å². The van der Waals surface area contributed by atoms with Crippen LogP contribution in [-0.2, 0) is 0 Å². The lowest BCUT2D eigenvalue weighted by molar-refractivity contribution is 0.468. The van der Waals surface area contributed by atoms with Crippen LogP contribution < -0.4 is 5.73 Å². The molecule has 0 unspecified atom stereocenters. The molecule has 1 heterocycles. The Balaban J connectivity index is 2.19. The van der Waals surface area contributed by atoms with Gasteiger partial charge in [-0.15, -0.1) is 15.0 Å². The summed E-state index contributed by atoms with van der Waals surface area (Å²) in [5, 5.41) is 18.4. The first-order valence-corrected chi connectivity index (χ1v) is 6.04. The number of rotatable bonds is 1. The normalized spacial score (nSPS) is 10.9. The summed E-state index contributed by atoms with van der Waals surface area (Å²) in [4.78, 5) is 1.39. The minimum absolute atomic E-state index is 0.0503. The van der Waals surface area contributed by atoms with Crippen LogP contribution in [0.25, 0.3) is 16.7 Å². The zero-order valence-electron chi connectivity index (χ0n) is 9.21. The number of hydrogen-bond donors (Lipinski definition) is 2. The van der Waals surface area contributed by atoms with Crippen molar-refractivity contribution in [3.63, 3.8) is 0 Å². The number of aromatic hydroxyl groups is 1. The molecule has 0 fully saturated rings. The van der Waals surface area contributed by atoms with Crippen molar-refractivity contribution in [1.82, 2.24) is 15.0 Å². The van der Waals surface area contributed by atoms with Gasteiger partial charge in [-0.05, 0) is 30.3 Å². The molecule has 3 N–H and O–H groups in total. The first-order chi connectivity index (χ1) is 8.63. The van der Waals surface area contributed by atoms with Gasteiger partial charge in [-0.2, -0.15) is 0 Å². The number of hydrogen-bond acceptors (Lipinski definition) is 4.